The number of esters is 1. The topological polar surface area (TPSA) is 43.4 Å². The molecule has 0 N–H and O–H groups in total. The number of hydrogen-bond acceptors (Lipinski definition) is 3. The predicted octanol–water partition coefficient (Wildman–Crippen LogP) is 0.890. The van der Waals surface area contributed by atoms with Gasteiger partial charge in [-0.15, -0.1) is 0 Å². The highest BCUT2D eigenvalue weighted by Crippen LogP contribution is 2.17. The minimum Gasteiger partial charge on any atom is -0.457 e. The zero-order chi connectivity index (χ0) is 10.5. The van der Waals surface area contributed by atoms with Crippen LogP contribution in [0.5, 0.6) is 0 Å². The molecular formula is C7H7F3O3. The first-order valence-corrected chi connectivity index (χ1v) is 3.22. The van der Waals surface area contributed by atoms with Crippen molar-refractivity contribution in [3.05, 3.63) is 12.7 Å². The Labute approximate surface area is 72.2 Å². The van der Waals surface area contributed by atoms with Crippen molar-refractivity contribution < 1.29 is 27.5 Å². The first-order chi connectivity index (χ1) is 5.96. The summed E-state index contributed by atoms with van der Waals surface area (Å²) in [6.07, 6.45) is 1.05. The third-order valence-electron chi connectivity index (χ3n) is 1.06. The zero-order valence-corrected chi connectivity index (χ0v) is 6.56. The van der Waals surface area contributed by atoms with Crippen LogP contribution >= 0.6 is 0 Å². The van der Waals surface area contributed by atoms with Crippen LogP contribution in [-0.4, -0.2) is 31.0 Å². The lowest BCUT2D eigenvalue weighted by Crippen LogP contribution is -2.40. The minimum absolute atomic E-state index is 0.450. The smallest absolute Gasteiger partial charge is 0.402 e. The van der Waals surface area contributed by atoms with Gasteiger partial charge in [-0.3, -0.25) is 4.79 Å². The van der Waals surface area contributed by atoms with E-state index < -0.39 is 31.0 Å². The number of carbonyl (C=O) groups is 2. The minimum atomic E-state index is -4.40. The monoisotopic (exact) mass is 196 g/mol. The second-order valence-electron chi connectivity index (χ2n) is 2.02. The van der Waals surface area contributed by atoms with Crippen molar-refractivity contribution in [1.82, 2.24) is 0 Å². The van der Waals surface area contributed by atoms with E-state index in [4.69, 9.17) is 0 Å². The largest absolute Gasteiger partial charge is 0.457 e. The van der Waals surface area contributed by atoms with Crippen LogP contribution in [0.4, 0.5) is 13.2 Å². The summed E-state index contributed by atoms with van der Waals surface area (Å²) in [4.78, 5) is 20.6. The molecule has 0 rings (SSSR count). The summed E-state index contributed by atoms with van der Waals surface area (Å²) in [6, 6.07) is 0. The molecule has 74 valence electrons. The van der Waals surface area contributed by atoms with E-state index in [0.29, 0.717) is 0 Å². The molecule has 0 radical (unpaired) electrons. The summed E-state index contributed by atoms with van der Waals surface area (Å²) in [7, 11) is 0. The Morgan fingerprint density at radius 3 is 2.38 bits per heavy atom. The number of ketones is 1. The van der Waals surface area contributed by atoms with Gasteiger partial charge in [0.2, 0.25) is 5.78 Å². The average molecular weight is 196 g/mol. The molecule has 0 spiro atoms. The summed E-state index contributed by atoms with van der Waals surface area (Å²) in [5, 5.41) is 0. The lowest BCUT2D eigenvalue weighted by Gasteiger charge is -2.10. The lowest BCUT2D eigenvalue weighted by atomic mass is 10.2. The molecule has 0 atom stereocenters. The molecule has 0 aromatic heterocycles. The van der Waals surface area contributed by atoms with Crippen molar-refractivity contribution in [3.8, 4) is 0 Å². The van der Waals surface area contributed by atoms with Crippen LogP contribution in [0.2, 0.25) is 0 Å². The van der Waals surface area contributed by atoms with Gasteiger partial charge in [-0.1, -0.05) is 12.7 Å². The van der Waals surface area contributed by atoms with Crippen LogP contribution < -0.4 is 0 Å². The molecule has 0 fully saturated rings. The zero-order valence-electron chi connectivity index (χ0n) is 6.56. The third-order valence-corrected chi connectivity index (χ3v) is 1.06. The Kier molecular flexibility index (Phi) is 4.16. The highest BCUT2D eigenvalue weighted by molar-refractivity contribution is 6.05. The third kappa shape index (κ3) is 2.89. The molecule has 0 bridgehead atoms. The van der Waals surface area contributed by atoms with Gasteiger partial charge in [-0.2, -0.15) is 8.78 Å². The van der Waals surface area contributed by atoms with Gasteiger partial charge in [0, 0.05) is 0 Å². The molecule has 0 aliphatic carbocycles. The molecule has 0 saturated carbocycles. The standard InChI is InChI=1S/C7H7F3O3/c1-2-3-13-6(12)7(9,10)5(11)4-8/h2H,1,3-4H2. The van der Waals surface area contributed by atoms with Gasteiger partial charge < -0.3 is 4.74 Å². The Hall–Kier alpha value is -1.33. The van der Waals surface area contributed by atoms with Crippen molar-refractivity contribution in [2.45, 2.75) is 5.92 Å². The van der Waals surface area contributed by atoms with Crippen molar-refractivity contribution in [3.63, 3.8) is 0 Å². The molecule has 0 aliphatic heterocycles. The molecule has 13 heavy (non-hydrogen) atoms. The number of rotatable bonds is 5. The van der Waals surface area contributed by atoms with Gasteiger partial charge in [-0.25, -0.2) is 9.18 Å². The van der Waals surface area contributed by atoms with E-state index >= 15 is 0 Å². The average Bonchev–Trinajstić information content (AvgIpc) is 2.12. The molecule has 0 aliphatic rings. The van der Waals surface area contributed by atoms with Gasteiger partial charge in [0.15, 0.2) is 6.67 Å². The lowest BCUT2D eigenvalue weighted by molar-refractivity contribution is -0.176. The first-order valence-electron chi connectivity index (χ1n) is 3.22. The number of hydrogen-bond donors (Lipinski definition) is 0. The van der Waals surface area contributed by atoms with Crippen molar-refractivity contribution in [1.29, 1.82) is 0 Å². The van der Waals surface area contributed by atoms with E-state index in [2.05, 4.69) is 11.3 Å². The maximum absolute atomic E-state index is 12.4. The number of alkyl halides is 3. The van der Waals surface area contributed by atoms with Crippen LogP contribution in [0.1, 0.15) is 0 Å². The fourth-order valence-electron chi connectivity index (χ4n) is 0.423. The van der Waals surface area contributed by atoms with E-state index in [1.54, 1.807) is 0 Å². The van der Waals surface area contributed by atoms with Crippen LogP contribution in [0.15, 0.2) is 12.7 Å². The number of ether oxygens (including phenoxy) is 1. The normalized spacial score (nSPS) is 10.7. The molecule has 0 aromatic carbocycles. The summed E-state index contributed by atoms with van der Waals surface area (Å²) < 4.78 is 40.3. The molecule has 3 nitrogen and oxygen atoms in total. The summed E-state index contributed by atoms with van der Waals surface area (Å²) in [5.41, 5.74) is 0. The van der Waals surface area contributed by atoms with E-state index in [9.17, 15) is 22.8 Å². The van der Waals surface area contributed by atoms with Crippen LogP contribution in [0.25, 0.3) is 0 Å². The molecular weight excluding hydrogens is 189 g/mol. The quantitative estimate of drug-likeness (QED) is 0.372. The predicted molar refractivity (Wildman–Crippen MR) is 37.1 cm³/mol. The molecule has 0 heterocycles. The summed E-state index contributed by atoms with van der Waals surface area (Å²) in [5.74, 6) is -8.57. The van der Waals surface area contributed by atoms with E-state index in [0.717, 1.165) is 6.08 Å². The van der Waals surface area contributed by atoms with Crippen LogP contribution in [0, 0.1) is 0 Å². The Balaban J connectivity index is 4.35. The van der Waals surface area contributed by atoms with Crippen molar-refractivity contribution in [2.75, 3.05) is 13.3 Å². The summed E-state index contributed by atoms with van der Waals surface area (Å²) >= 11 is 0. The molecule has 0 amide bonds. The fraction of sp³-hybridized carbons (Fsp3) is 0.429. The van der Waals surface area contributed by atoms with E-state index in [1.165, 1.54) is 0 Å². The Morgan fingerprint density at radius 1 is 1.46 bits per heavy atom. The highest BCUT2D eigenvalue weighted by atomic mass is 19.3. The van der Waals surface area contributed by atoms with Gasteiger partial charge in [0.05, 0.1) is 0 Å². The van der Waals surface area contributed by atoms with Crippen LogP contribution in [0.3, 0.4) is 0 Å². The molecule has 6 heteroatoms. The highest BCUT2D eigenvalue weighted by Gasteiger charge is 2.48. The fourth-order valence-corrected chi connectivity index (χ4v) is 0.423. The second-order valence-corrected chi connectivity index (χ2v) is 2.02. The maximum Gasteiger partial charge on any atom is 0.402 e. The Morgan fingerprint density at radius 2 is 2.00 bits per heavy atom. The SMILES string of the molecule is C=CCOC(=O)C(F)(F)C(=O)CF. The van der Waals surface area contributed by atoms with Gasteiger partial charge in [-0.05, 0) is 0 Å². The van der Waals surface area contributed by atoms with Gasteiger partial charge >= 0.3 is 11.9 Å². The van der Waals surface area contributed by atoms with Crippen molar-refractivity contribution in [2.24, 2.45) is 0 Å². The van der Waals surface area contributed by atoms with Gasteiger partial charge in [0.25, 0.3) is 0 Å². The van der Waals surface area contributed by atoms with E-state index in [-0.39, 0.29) is 0 Å². The number of Topliss-reactive ketones (excluding diaryl/α,β-unsaturated/α-hetero) is 1. The van der Waals surface area contributed by atoms with Gasteiger partial charge in [0.1, 0.15) is 6.61 Å². The van der Waals surface area contributed by atoms with E-state index in [1.807, 2.05) is 0 Å². The first kappa shape index (κ1) is 11.7. The summed E-state index contributed by atoms with van der Waals surface area (Å²) in [6.45, 7) is 0.742. The second kappa shape index (κ2) is 4.64. The number of halogens is 3. The Bertz CT molecular complexity index is 225. The molecule has 0 unspecified atom stereocenters. The van der Waals surface area contributed by atoms with Crippen molar-refractivity contribution >= 4 is 11.8 Å². The molecule has 0 aromatic rings. The molecule has 0 saturated heterocycles. The maximum atomic E-state index is 12.4. The van der Waals surface area contributed by atoms with Crippen LogP contribution in [-0.2, 0) is 14.3 Å². The number of carbonyl (C=O) groups excluding carboxylic acids is 2.